The first-order valence-corrected chi connectivity index (χ1v) is 8.24. The van der Waals surface area contributed by atoms with E-state index >= 15 is 0 Å². The molecule has 1 aliphatic heterocycles. The van der Waals surface area contributed by atoms with E-state index in [1.807, 2.05) is 11.8 Å². The maximum Gasteiger partial charge on any atom is 0.222 e. The molecule has 0 radical (unpaired) electrons. The highest BCUT2D eigenvalue weighted by atomic mass is 32.1. The number of rotatable bonds is 8. The Morgan fingerprint density at radius 3 is 2.38 bits per heavy atom. The summed E-state index contributed by atoms with van der Waals surface area (Å²) in [6.45, 7) is 7.37. The normalized spacial score (nSPS) is 19.3. The number of piperazine rings is 1. The molecule has 2 unspecified atom stereocenters. The van der Waals surface area contributed by atoms with Crippen LogP contribution in [-0.4, -0.2) is 66.1 Å². The molecule has 5 nitrogen and oxygen atoms in total. The molecule has 21 heavy (non-hydrogen) atoms. The fourth-order valence-corrected chi connectivity index (χ4v) is 2.93. The van der Waals surface area contributed by atoms with Gasteiger partial charge in [0, 0.05) is 39.7 Å². The molecule has 0 aromatic carbocycles. The van der Waals surface area contributed by atoms with Gasteiger partial charge in [0.25, 0.3) is 0 Å². The topological polar surface area (TPSA) is 58.8 Å². The molecule has 2 atom stereocenters. The van der Waals surface area contributed by atoms with Crippen LogP contribution in [0.5, 0.6) is 0 Å². The van der Waals surface area contributed by atoms with E-state index in [0.717, 1.165) is 45.4 Å². The number of hydrogen-bond donors (Lipinski definition) is 1. The van der Waals surface area contributed by atoms with E-state index in [0.29, 0.717) is 11.4 Å². The molecule has 1 saturated heterocycles. The molecule has 1 fully saturated rings. The summed E-state index contributed by atoms with van der Waals surface area (Å²) in [5.74, 6) is 0.223. The highest BCUT2D eigenvalue weighted by Crippen LogP contribution is 2.13. The second kappa shape index (κ2) is 9.33. The van der Waals surface area contributed by atoms with Crippen molar-refractivity contribution in [2.24, 2.45) is 5.73 Å². The lowest BCUT2D eigenvalue weighted by atomic mass is 10.1. The molecular weight excluding hydrogens is 286 g/mol. The van der Waals surface area contributed by atoms with Crippen LogP contribution in [0.15, 0.2) is 0 Å². The molecule has 2 N–H and O–H groups in total. The lowest BCUT2D eigenvalue weighted by molar-refractivity contribution is -0.133. The van der Waals surface area contributed by atoms with Gasteiger partial charge in [0.2, 0.25) is 5.91 Å². The minimum absolute atomic E-state index is 0.138. The monoisotopic (exact) mass is 315 g/mol. The number of amides is 1. The van der Waals surface area contributed by atoms with Crippen LogP contribution in [0.1, 0.15) is 39.5 Å². The average molecular weight is 315 g/mol. The minimum atomic E-state index is 0.138. The summed E-state index contributed by atoms with van der Waals surface area (Å²) in [5.41, 5.74) is 5.84. The molecule has 122 valence electrons. The second-order valence-corrected chi connectivity index (χ2v) is 6.18. The highest BCUT2D eigenvalue weighted by Gasteiger charge is 2.26. The molecule has 0 aromatic rings. The summed E-state index contributed by atoms with van der Waals surface area (Å²) in [4.78, 5) is 17.0. The van der Waals surface area contributed by atoms with Gasteiger partial charge in [-0.2, -0.15) is 0 Å². The summed E-state index contributed by atoms with van der Waals surface area (Å²) in [5, 5.41) is 0. The van der Waals surface area contributed by atoms with Gasteiger partial charge >= 0.3 is 0 Å². The third-order valence-electron chi connectivity index (χ3n) is 4.17. The van der Waals surface area contributed by atoms with Crippen LogP contribution in [0.2, 0.25) is 0 Å². The number of hydrogen-bond acceptors (Lipinski definition) is 4. The van der Waals surface area contributed by atoms with Crippen molar-refractivity contribution in [1.29, 1.82) is 0 Å². The van der Waals surface area contributed by atoms with E-state index in [1.54, 1.807) is 7.11 Å². The first-order chi connectivity index (χ1) is 9.99. The van der Waals surface area contributed by atoms with Crippen molar-refractivity contribution in [3.63, 3.8) is 0 Å². The van der Waals surface area contributed by atoms with Gasteiger partial charge < -0.3 is 15.4 Å². The first-order valence-electron chi connectivity index (χ1n) is 7.83. The van der Waals surface area contributed by atoms with Crippen molar-refractivity contribution in [1.82, 2.24) is 9.80 Å². The number of carbonyl (C=O) groups excluding carboxylic acids is 1. The smallest absolute Gasteiger partial charge is 0.222 e. The number of methoxy groups -OCH3 is 1. The Hall–Kier alpha value is -0.720. The Morgan fingerprint density at radius 2 is 1.90 bits per heavy atom. The number of thiocarbonyl (C=S) groups is 1. The number of carbonyl (C=O) groups is 1. The Balaban J connectivity index is 2.40. The van der Waals surface area contributed by atoms with Crippen LogP contribution >= 0.6 is 12.2 Å². The predicted octanol–water partition coefficient (Wildman–Crippen LogP) is 1.40. The lowest BCUT2D eigenvalue weighted by Crippen LogP contribution is -2.54. The largest absolute Gasteiger partial charge is 0.392 e. The Kier molecular flexibility index (Phi) is 8.14. The molecule has 1 aliphatic rings. The summed E-state index contributed by atoms with van der Waals surface area (Å²) in [7, 11) is 1.68. The molecular formula is C15H29N3O2S. The van der Waals surface area contributed by atoms with E-state index in [4.69, 9.17) is 22.7 Å². The van der Waals surface area contributed by atoms with E-state index in [2.05, 4.69) is 11.8 Å². The third-order valence-corrected chi connectivity index (χ3v) is 4.44. The quantitative estimate of drug-likeness (QED) is 0.686. The molecule has 0 saturated carbocycles. The summed E-state index contributed by atoms with van der Waals surface area (Å²) in [6, 6.07) is 0.177. The Labute approximate surface area is 133 Å². The van der Waals surface area contributed by atoms with Gasteiger partial charge in [-0.25, -0.2) is 0 Å². The molecule has 0 spiro atoms. The first kappa shape index (κ1) is 18.3. The van der Waals surface area contributed by atoms with Gasteiger partial charge in [-0.15, -0.1) is 0 Å². The SMILES string of the molecule is CCCC(C(N)=S)N1CCN(C(=O)CCC(C)OC)CC1. The van der Waals surface area contributed by atoms with E-state index < -0.39 is 0 Å². The molecule has 0 aliphatic carbocycles. The lowest BCUT2D eigenvalue weighted by Gasteiger charge is -2.39. The van der Waals surface area contributed by atoms with Gasteiger partial charge in [0.1, 0.15) is 0 Å². The van der Waals surface area contributed by atoms with E-state index in [9.17, 15) is 4.79 Å². The van der Waals surface area contributed by atoms with E-state index in [-0.39, 0.29) is 18.1 Å². The molecule has 1 heterocycles. The van der Waals surface area contributed by atoms with Crippen molar-refractivity contribution >= 4 is 23.1 Å². The number of nitrogens with zero attached hydrogens (tertiary/aromatic N) is 2. The maximum atomic E-state index is 12.2. The molecule has 1 rings (SSSR count). The Morgan fingerprint density at radius 1 is 1.29 bits per heavy atom. The fourth-order valence-electron chi connectivity index (χ4n) is 2.66. The van der Waals surface area contributed by atoms with Gasteiger partial charge in [-0.1, -0.05) is 25.6 Å². The van der Waals surface area contributed by atoms with Gasteiger partial charge in [-0.05, 0) is 19.8 Å². The van der Waals surface area contributed by atoms with Crippen LogP contribution in [0.4, 0.5) is 0 Å². The zero-order valence-electron chi connectivity index (χ0n) is 13.5. The van der Waals surface area contributed by atoms with Crippen LogP contribution in [-0.2, 0) is 9.53 Å². The van der Waals surface area contributed by atoms with Crippen LogP contribution in [0.3, 0.4) is 0 Å². The van der Waals surface area contributed by atoms with Crippen LogP contribution in [0, 0.1) is 0 Å². The van der Waals surface area contributed by atoms with E-state index in [1.165, 1.54) is 0 Å². The van der Waals surface area contributed by atoms with Crippen molar-refractivity contribution in [3.8, 4) is 0 Å². The van der Waals surface area contributed by atoms with Crippen LogP contribution in [0.25, 0.3) is 0 Å². The highest BCUT2D eigenvalue weighted by molar-refractivity contribution is 7.80. The van der Waals surface area contributed by atoms with Crippen molar-refractivity contribution in [2.75, 3.05) is 33.3 Å². The Bertz CT molecular complexity index is 344. The summed E-state index contributed by atoms with van der Waals surface area (Å²) < 4.78 is 5.18. The van der Waals surface area contributed by atoms with Gasteiger partial charge in [0.15, 0.2) is 0 Å². The average Bonchev–Trinajstić information content (AvgIpc) is 2.49. The summed E-state index contributed by atoms with van der Waals surface area (Å²) in [6.07, 6.45) is 3.53. The van der Waals surface area contributed by atoms with Crippen LogP contribution < -0.4 is 5.73 Å². The molecule has 0 aromatic heterocycles. The molecule has 1 amide bonds. The molecule has 0 bridgehead atoms. The third kappa shape index (κ3) is 5.88. The number of nitrogens with two attached hydrogens (primary N) is 1. The maximum absolute atomic E-state index is 12.2. The zero-order valence-corrected chi connectivity index (χ0v) is 14.3. The van der Waals surface area contributed by atoms with Crippen molar-refractivity contribution in [2.45, 2.75) is 51.7 Å². The molecule has 6 heteroatoms. The minimum Gasteiger partial charge on any atom is -0.392 e. The number of ether oxygens (including phenoxy) is 1. The predicted molar refractivity (Wildman–Crippen MR) is 89.3 cm³/mol. The second-order valence-electron chi connectivity index (χ2n) is 5.71. The van der Waals surface area contributed by atoms with Gasteiger partial charge in [-0.3, -0.25) is 9.69 Å². The van der Waals surface area contributed by atoms with Gasteiger partial charge in [0.05, 0.1) is 17.1 Å². The zero-order chi connectivity index (χ0) is 15.8. The fraction of sp³-hybridized carbons (Fsp3) is 0.867. The van der Waals surface area contributed by atoms with Crippen molar-refractivity contribution in [3.05, 3.63) is 0 Å². The summed E-state index contributed by atoms with van der Waals surface area (Å²) >= 11 is 5.17. The van der Waals surface area contributed by atoms with Crippen molar-refractivity contribution < 1.29 is 9.53 Å². The standard InChI is InChI=1S/C15H29N3O2S/c1-4-5-13(15(16)21)17-8-10-18(11-9-17)14(19)7-6-12(2)20-3/h12-13H,4-11H2,1-3H3,(H2,16,21).